The van der Waals surface area contributed by atoms with Crippen molar-refractivity contribution < 1.29 is 5.11 Å². The van der Waals surface area contributed by atoms with Crippen LogP contribution in [-0.4, -0.2) is 33.8 Å². The van der Waals surface area contributed by atoms with Crippen molar-refractivity contribution in [1.29, 1.82) is 0 Å². The quantitative estimate of drug-likeness (QED) is 0.778. The predicted molar refractivity (Wildman–Crippen MR) is 86.9 cm³/mol. The molecule has 0 amide bonds. The molecule has 21 heavy (non-hydrogen) atoms. The van der Waals surface area contributed by atoms with Gasteiger partial charge in [-0.15, -0.1) is 0 Å². The molecule has 0 radical (unpaired) electrons. The van der Waals surface area contributed by atoms with E-state index in [4.69, 9.17) is 11.6 Å². The van der Waals surface area contributed by atoms with Gasteiger partial charge in [0.1, 0.15) is 5.02 Å². The molecule has 2 rings (SSSR count). The van der Waals surface area contributed by atoms with Crippen molar-refractivity contribution in [3.05, 3.63) is 11.2 Å². The van der Waals surface area contributed by atoms with E-state index in [2.05, 4.69) is 34.4 Å². The van der Waals surface area contributed by atoms with Crippen molar-refractivity contribution in [1.82, 2.24) is 9.97 Å². The maximum absolute atomic E-state index is 10.7. The first kappa shape index (κ1) is 16.3. The first-order valence-electron chi connectivity index (χ1n) is 7.56. The Morgan fingerprint density at radius 1 is 1.24 bits per heavy atom. The van der Waals surface area contributed by atoms with Crippen LogP contribution in [0.15, 0.2) is 6.20 Å². The molecule has 6 heteroatoms. The first-order chi connectivity index (χ1) is 9.84. The Balaban J connectivity index is 1.98. The van der Waals surface area contributed by atoms with Crippen LogP contribution in [0, 0.1) is 5.41 Å². The number of nitrogens with zero attached hydrogens (tertiary/aromatic N) is 2. The van der Waals surface area contributed by atoms with E-state index in [0.717, 1.165) is 32.2 Å². The second kappa shape index (κ2) is 6.36. The van der Waals surface area contributed by atoms with Crippen LogP contribution in [0.5, 0.6) is 0 Å². The van der Waals surface area contributed by atoms with Gasteiger partial charge in [0.05, 0.1) is 11.8 Å². The van der Waals surface area contributed by atoms with Crippen LogP contribution in [-0.2, 0) is 0 Å². The highest BCUT2D eigenvalue weighted by Gasteiger charge is 2.36. The second-order valence-electron chi connectivity index (χ2n) is 6.66. The van der Waals surface area contributed by atoms with Gasteiger partial charge in [-0.25, -0.2) is 4.98 Å². The molecule has 1 aromatic heterocycles. The average molecular weight is 313 g/mol. The van der Waals surface area contributed by atoms with Gasteiger partial charge in [-0.1, -0.05) is 25.4 Å². The van der Waals surface area contributed by atoms with E-state index in [0.29, 0.717) is 28.7 Å². The fourth-order valence-corrected chi connectivity index (χ4v) is 2.71. The smallest absolute Gasteiger partial charge is 0.224 e. The molecule has 1 saturated carbocycles. The Hall–Kier alpha value is -1.07. The maximum atomic E-state index is 10.7. The fraction of sp³-hybridized carbons (Fsp3) is 0.733. The van der Waals surface area contributed by atoms with Gasteiger partial charge in [0.15, 0.2) is 5.82 Å². The van der Waals surface area contributed by atoms with E-state index in [1.54, 1.807) is 6.20 Å². The van der Waals surface area contributed by atoms with Crippen LogP contribution < -0.4 is 10.6 Å². The minimum absolute atomic E-state index is 0.330. The number of hydrogen-bond donors (Lipinski definition) is 3. The molecule has 0 atom stereocenters. The molecule has 5 nitrogen and oxygen atoms in total. The van der Waals surface area contributed by atoms with Crippen LogP contribution in [0.4, 0.5) is 11.8 Å². The Bertz CT molecular complexity index is 483. The van der Waals surface area contributed by atoms with Crippen LogP contribution in [0.25, 0.3) is 0 Å². The Morgan fingerprint density at radius 2 is 1.90 bits per heavy atom. The lowest BCUT2D eigenvalue weighted by atomic mass is 9.71. The monoisotopic (exact) mass is 312 g/mol. The van der Waals surface area contributed by atoms with E-state index in [1.165, 1.54) is 0 Å². The Labute approximate surface area is 131 Å². The first-order valence-corrected chi connectivity index (χ1v) is 7.94. The molecule has 1 aromatic rings. The lowest BCUT2D eigenvalue weighted by Crippen LogP contribution is -2.42. The number of anilines is 2. The van der Waals surface area contributed by atoms with Gasteiger partial charge < -0.3 is 15.7 Å². The summed E-state index contributed by atoms with van der Waals surface area (Å²) in [6.45, 7) is 7.71. The van der Waals surface area contributed by atoms with E-state index >= 15 is 0 Å². The maximum Gasteiger partial charge on any atom is 0.224 e. The topological polar surface area (TPSA) is 70.1 Å². The van der Waals surface area contributed by atoms with Gasteiger partial charge in [-0.2, -0.15) is 4.98 Å². The standard InChI is InChI=1S/C15H25ClN4O/c1-4-17-13-18-9-11(16)12(20-13)19-10-15(21)7-5-14(2,3)6-8-15/h9,21H,4-8,10H2,1-3H3,(H2,17,18,19,20). The second-order valence-corrected chi connectivity index (χ2v) is 7.07. The number of aromatic nitrogens is 2. The molecular formula is C15H25ClN4O. The van der Waals surface area contributed by atoms with Crippen molar-refractivity contribution in [2.75, 3.05) is 23.7 Å². The normalized spacial score (nSPS) is 20.0. The molecule has 0 aliphatic heterocycles. The minimum atomic E-state index is -0.678. The highest BCUT2D eigenvalue weighted by Crippen LogP contribution is 2.40. The summed E-state index contributed by atoms with van der Waals surface area (Å²) < 4.78 is 0. The number of aliphatic hydroxyl groups is 1. The summed E-state index contributed by atoms with van der Waals surface area (Å²) >= 11 is 6.11. The number of halogens is 1. The highest BCUT2D eigenvalue weighted by atomic mass is 35.5. The van der Waals surface area contributed by atoms with Crippen LogP contribution >= 0.6 is 11.6 Å². The SMILES string of the molecule is CCNc1ncc(Cl)c(NCC2(O)CCC(C)(C)CC2)n1. The van der Waals surface area contributed by atoms with Crippen molar-refractivity contribution in [3.63, 3.8) is 0 Å². The molecule has 0 saturated heterocycles. The fourth-order valence-electron chi connectivity index (χ4n) is 2.55. The molecule has 0 aromatic carbocycles. The molecule has 1 aliphatic rings. The summed E-state index contributed by atoms with van der Waals surface area (Å²) in [5.74, 6) is 1.11. The zero-order valence-corrected chi connectivity index (χ0v) is 13.8. The highest BCUT2D eigenvalue weighted by molar-refractivity contribution is 6.32. The number of rotatable bonds is 5. The third-order valence-electron chi connectivity index (χ3n) is 4.20. The van der Waals surface area contributed by atoms with E-state index < -0.39 is 5.60 Å². The lowest BCUT2D eigenvalue weighted by molar-refractivity contribution is -0.0145. The van der Waals surface area contributed by atoms with Crippen molar-refractivity contribution in [2.24, 2.45) is 5.41 Å². The van der Waals surface area contributed by atoms with Crippen molar-refractivity contribution >= 4 is 23.4 Å². The summed E-state index contributed by atoms with van der Waals surface area (Å²) in [7, 11) is 0. The van der Waals surface area contributed by atoms with E-state index in [9.17, 15) is 5.11 Å². The van der Waals surface area contributed by atoms with Crippen LogP contribution in [0.1, 0.15) is 46.5 Å². The molecule has 1 heterocycles. The zero-order chi connectivity index (χ0) is 15.5. The van der Waals surface area contributed by atoms with Crippen LogP contribution in [0.3, 0.4) is 0 Å². The van der Waals surface area contributed by atoms with Crippen molar-refractivity contribution in [2.45, 2.75) is 52.1 Å². The van der Waals surface area contributed by atoms with Gasteiger partial charge in [-0.05, 0) is 38.0 Å². The van der Waals surface area contributed by atoms with Crippen molar-refractivity contribution in [3.8, 4) is 0 Å². The number of hydrogen-bond acceptors (Lipinski definition) is 5. The summed E-state index contributed by atoms with van der Waals surface area (Å²) in [5, 5.41) is 17.4. The third kappa shape index (κ3) is 4.45. The minimum Gasteiger partial charge on any atom is -0.388 e. The third-order valence-corrected chi connectivity index (χ3v) is 4.47. The Morgan fingerprint density at radius 3 is 2.52 bits per heavy atom. The summed E-state index contributed by atoms with van der Waals surface area (Å²) in [4.78, 5) is 8.43. The van der Waals surface area contributed by atoms with Gasteiger partial charge in [0.2, 0.25) is 5.95 Å². The molecule has 1 aliphatic carbocycles. The molecule has 118 valence electrons. The number of nitrogens with one attached hydrogen (secondary N) is 2. The summed E-state index contributed by atoms with van der Waals surface area (Å²) in [6, 6.07) is 0. The van der Waals surface area contributed by atoms with Gasteiger partial charge >= 0.3 is 0 Å². The zero-order valence-electron chi connectivity index (χ0n) is 13.0. The average Bonchev–Trinajstić information content (AvgIpc) is 2.44. The largest absolute Gasteiger partial charge is 0.388 e. The molecule has 0 spiro atoms. The molecule has 1 fully saturated rings. The van der Waals surface area contributed by atoms with Gasteiger partial charge in [0, 0.05) is 13.1 Å². The van der Waals surface area contributed by atoms with E-state index in [1.807, 2.05) is 6.92 Å². The Kier molecular flexibility index (Phi) is 4.94. The van der Waals surface area contributed by atoms with Crippen LogP contribution in [0.2, 0.25) is 5.02 Å². The lowest BCUT2D eigenvalue weighted by Gasteiger charge is -2.40. The van der Waals surface area contributed by atoms with Gasteiger partial charge in [0.25, 0.3) is 0 Å². The summed E-state index contributed by atoms with van der Waals surface area (Å²) in [5.41, 5.74) is -0.348. The molecular weight excluding hydrogens is 288 g/mol. The van der Waals surface area contributed by atoms with Gasteiger partial charge in [-0.3, -0.25) is 0 Å². The molecule has 3 N–H and O–H groups in total. The molecule has 0 bridgehead atoms. The summed E-state index contributed by atoms with van der Waals surface area (Å²) in [6.07, 6.45) is 5.24. The predicted octanol–water partition coefficient (Wildman–Crippen LogP) is 3.31. The van der Waals surface area contributed by atoms with E-state index in [-0.39, 0.29) is 0 Å². The molecule has 0 unspecified atom stereocenters.